The summed E-state index contributed by atoms with van der Waals surface area (Å²) in [6.07, 6.45) is 0. The van der Waals surface area contributed by atoms with Crippen molar-refractivity contribution in [1.29, 1.82) is 0 Å². The predicted octanol–water partition coefficient (Wildman–Crippen LogP) is 17.2. The molecule has 0 unspecified atom stereocenters. The Hall–Kier alpha value is -8.28. The second kappa shape index (κ2) is 13.6. The zero-order valence-electron chi connectivity index (χ0n) is 34.6. The van der Waals surface area contributed by atoms with Gasteiger partial charge in [0.05, 0.1) is 22.7 Å². The first kappa shape index (κ1) is 35.5. The molecule has 0 radical (unpaired) electrons. The topological polar surface area (TPSA) is 45.9 Å². The average molecular weight is 811 g/mol. The molecule has 5 heteroatoms. The molecule has 3 heterocycles. The fourth-order valence-electron chi connectivity index (χ4n) is 9.92. The smallest absolute Gasteiger partial charge is 0.159 e. The highest BCUT2D eigenvalue weighted by Gasteiger charge is 2.27. The van der Waals surface area contributed by atoms with Crippen LogP contribution in [0.4, 0.5) is 34.1 Å². The van der Waals surface area contributed by atoms with Crippen molar-refractivity contribution in [2.75, 3.05) is 9.80 Å². The fourth-order valence-corrected chi connectivity index (χ4v) is 9.92. The Balaban J connectivity index is 1.14. The summed E-state index contributed by atoms with van der Waals surface area (Å²) in [6.45, 7) is 4.29. The summed E-state index contributed by atoms with van der Waals surface area (Å²) < 4.78 is 20.7. The van der Waals surface area contributed by atoms with Gasteiger partial charge in [0.25, 0.3) is 0 Å². The lowest BCUT2D eigenvalue weighted by atomic mass is 9.99. The lowest BCUT2D eigenvalue weighted by molar-refractivity contribution is 0.669. The first-order chi connectivity index (χ1) is 31.1. The Morgan fingerprint density at radius 1 is 0.270 bits per heavy atom. The third-order valence-electron chi connectivity index (χ3n) is 12.7. The Morgan fingerprint density at radius 3 is 1.08 bits per heavy atom. The molecule has 13 aromatic rings. The molecule has 0 aliphatic heterocycles. The Morgan fingerprint density at radius 2 is 0.635 bits per heavy atom. The number of nitrogens with zero attached hydrogens (tertiary/aromatic N) is 2. The van der Waals surface area contributed by atoms with Gasteiger partial charge in [0.1, 0.15) is 22.3 Å². The minimum atomic E-state index is 0.836. The van der Waals surface area contributed by atoms with Crippen LogP contribution in [0.15, 0.2) is 207 Å². The number of fused-ring (bicyclic) bond motifs is 13. The van der Waals surface area contributed by atoms with Crippen molar-refractivity contribution in [2.24, 2.45) is 0 Å². The molecular weight excluding hydrogens is 773 g/mol. The van der Waals surface area contributed by atoms with Crippen molar-refractivity contribution in [3.63, 3.8) is 0 Å². The van der Waals surface area contributed by atoms with Crippen molar-refractivity contribution in [3.05, 3.63) is 205 Å². The zero-order chi connectivity index (χ0) is 41.8. The molecular formula is C58H38N2O3. The SMILES string of the molecule is Cc1cccc(N(c2cc3c4cc(N(c5cccc(C)c5)c5cccc6c5oc5ccccc56)c5ccccc5c4oc3c3ccccc23)c2cccc3c2oc2ccccc23)c1. The lowest BCUT2D eigenvalue weighted by Gasteiger charge is -2.28. The zero-order valence-corrected chi connectivity index (χ0v) is 34.6. The van der Waals surface area contributed by atoms with E-state index < -0.39 is 0 Å². The molecule has 0 N–H and O–H groups in total. The molecule has 13 rings (SSSR count). The molecule has 3 aromatic heterocycles. The third kappa shape index (κ3) is 5.36. The maximum atomic E-state index is 7.16. The molecule has 63 heavy (non-hydrogen) atoms. The minimum absolute atomic E-state index is 0.836. The summed E-state index contributed by atoms with van der Waals surface area (Å²) in [5, 5.41) is 10.6. The third-order valence-corrected chi connectivity index (χ3v) is 12.7. The van der Waals surface area contributed by atoms with Gasteiger partial charge in [0, 0.05) is 65.2 Å². The van der Waals surface area contributed by atoms with E-state index in [0.717, 1.165) is 121 Å². The molecule has 0 saturated carbocycles. The fraction of sp³-hybridized carbons (Fsp3) is 0.0345. The van der Waals surface area contributed by atoms with Crippen molar-refractivity contribution in [2.45, 2.75) is 13.8 Å². The molecule has 0 bridgehead atoms. The van der Waals surface area contributed by atoms with E-state index in [1.54, 1.807) is 0 Å². The van der Waals surface area contributed by atoms with E-state index in [1.807, 2.05) is 24.3 Å². The highest BCUT2D eigenvalue weighted by atomic mass is 16.3. The van der Waals surface area contributed by atoms with E-state index >= 15 is 0 Å². The monoisotopic (exact) mass is 810 g/mol. The predicted molar refractivity (Wildman–Crippen MR) is 262 cm³/mol. The van der Waals surface area contributed by atoms with Gasteiger partial charge in [-0.25, -0.2) is 0 Å². The Kier molecular flexibility index (Phi) is 7.67. The second-order valence-electron chi connectivity index (χ2n) is 16.6. The molecule has 10 aromatic carbocycles. The van der Waals surface area contributed by atoms with Gasteiger partial charge < -0.3 is 23.1 Å². The lowest BCUT2D eigenvalue weighted by Crippen LogP contribution is -2.11. The second-order valence-corrected chi connectivity index (χ2v) is 16.6. The molecule has 298 valence electrons. The number of furan rings is 3. The number of anilines is 6. The van der Waals surface area contributed by atoms with Crippen LogP contribution in [0.5, 0.6) is 0 Å². The Labute approximate surface area is 362 Å². The molecule has 0 atom stereocenters. The van der Waals surface area contributed by atoms with Gasteiger partial charge in [-0.1, -0.05) is 133 Å². The molecule has 0 aliphatic carbocycles. The van der Waals surface area contributed by atoms with Crippen LogP contribution >= 0.6 is 0 Å². The normalized spacial score (nSPS) is 12.0. The average Bonchev–Trinajstić information content (AvgIpc) is 4.02. The van der Waals surface area contributed by atoms with Crippen molar-refractivity contribution in [1.82, 2.24) is 0 Å². The number of hydrogen-bond acceptors (Lipinski definition) is 5. The molecule has 0 aliphatic rings. The first-order valence-corrected chi connectivity index (χ1v) is 21.4. The summed E-state index contributed by atoms with van der Waals surface area (Å²) in [6, 6.07) is 68.8. The largest absolute Gasteiger partial charge is 0.455 e. The molecule has 0 amide bonds. The van der Waals surface area contributed by atoms with Crippen LogP contribution in [0.1, 0.15) is 11.1 Å². The van der Waals surface area contributed by atoms with Crippen molar-refractivity contribution >= 4 is 121 Å². The van der Waals surface area contributed by atoms with E-state index in [-0.39, 0.29) is 0 Å². The van der Waals surface area contributed by atoms with Gasteiger partial charge >= 0.3 is 0 Å². The van der Waals surface area contributed by atoms with Gasteiger partial charge in [-0.2, -0.15) is 0 Å². The molecule has 0 spiro atoms. The quantitative estimate of drug-likeness (QED) is 0.167. The van der Waals surface area contributed by atoms with Crippen LogP contribution in [-0.4, -0.2) is 0 Å². The summed E-state index contributed by atoms with van der Waals surface area (Å²) in [7, 11) is 0. The molecule has 0 fully saturated rings. The van der Waals surface area contributed by atoms with Gasteiger partial charge in [0.2, 0.25) is 0 Å². The van der Waals surface area contributed by atoms with Gasteiger partial charge in [-0.05, 0) is 85.6 Å². The highest BCUT2D eigenvalue weighted by Crippen LogP contribution is 2.51. The van der Waals surface area contributed by atoms with Gasteiger partial charge in [-0.15, -0.1) is 0 Å². The van der Waals surface area contributed by atoms with Gasteiger partial charge in [-0.3, -0.25) is 0 Å². The highest BCUT2D eigenvalue weighted by molar-refractivity contribution is 6.26. The summed E-state index contributed by atoms with van der Waals surface area (Å²) in [5.74, 6) is 0. The first-order valence-electron chi connectivity index (χ1n) is 21.4. The standard InChI is InChI=1S/C58H38N2O3/c1-35-15-11-17-37(31-35)59(49-27-13-25-45-41-21-7-9-29-53(41)61-57(45)49)51-33-47-48-34-52(40-20-4-6-24-44(40)56(48)63-55(47)43-23-5-3-19-39(43)51)60(38-18-12-16-36(2)32-38)50-28-14-26-46-42-22-8-10-30-54(42)62-58(46)50/h3-34H,1-2H3. The van der Waals surface area contributed by atoms with Crippen LogP contribution in [0, 0.1) is 13.8 Å². The number of para-hydroxylation sites is 4. The van der Waals surface area contributed by atoms with E-state index in [9.17, 15) is 0 Å². The van der Waals surface area contributed by atoms with Crippen molar-refractivity contribution in [3.8, 4) is 0 Å². The maximum absolute atomic E-state index is 7.16. The van der Waals surface area contributed by atoms with Crippen LogP contribution in [0.2, 0.25) is 0 Å². The van der Waals surface area contributed by atoms with Crippen LogP contribution < -0.4 is 9.80 Å². The number of aryl methyl sites for hydroxylation is 2. The van der Waals surface area contributed by atoms with Crippen LogP contribution in [0.3, 0.4) is 0 Å². The van der Waals surface area contributed by atoms with Crippen LogP contribution in [0.25, 0.3) is 87.4 Å². The Bertz CT molecular complexity index is 3720. The summed E-state index contributed by atoms with van der Waals surface area (Å²) >= 11 is 0. The summed E-state index contributed by atoms with van der Waals surface area (Å²) in [5.41, 5.74) is 13.5. The van der Waals surface area contributed by atoms with E-state index in [0.29, 0.717) is 0 Å². The number of hydrogen-bond donors (Lipinski definition) is 0. The number of benzene rings is 10. The van der Waals surface area contributed by atoms with Crippen molar-refractivity contribution < 1.29 is 13.3 Å². The van der Waals surface area contributed by atoms with E-state index in [4.69, 9.17) is 13.3 Å². The number of rotatable bonds is 6. The van der Waals surface area contributed by atoms with E-state index in [2.05, 4.69) is 194 Å². The van der Waals surface area contributed by atoms with Crippen LogP contribution in [-0.2, 0) is 0 Å². The molecule has 5 nitrogen and oxygen atoms in total. The summed E-state index contributed by atoms with van der Waals surface area (Å²) in [4.78, 5) is 4.73. The maximum Gasteiger partial charge on any atom is 0.159 e. The van der Waals surface area contributed by atoms with Gasteiger partial charge in [0.15, 0.2) is 11.2 Å². The van der Waals surface area contributed by atoms with E-state index in [1.165, 1.54) is 11.1 Å². The molecule has 0 saturated heterocycles. The minimum Gasteiger partial charge on any atom is -0.455 e.